The zero-order valence-corrected chi connectivity index (χ0v) is 21.9. The number of anilines is 1. The van der Waals surface area contributed by atoms with Crippen LogP contribution < -0.4 is 10.6 Å². The van der Waals surface area contributed by atoms with Crippen LogP contribution >= 0.6 is 11.6 Å². The molecule has 1 amide bonds. The monoisotopic (exact) mass is 492 g/mol. The third-order valence-corrected chi connectivity index (χ3v) is 6.62. The van der Waals surface area contributed by atoms with Gasteiger partial charge in [0.2, 0.25) is 0 Å². The third kappa shape index (κ3) is 6.23. The molecule has 0 bridgehead atoms. The first-order valence-corrected chi connectivity index (χ1v) is 12.1. The lowest BCUT2D eigenvalue weighted by molar-refractivity contribution is -0.142. The van der Waals surface area contributed by atoms with Gasteiger partial charge in [-0.15, -0.1) is 0 Å². The molecule has 0 aliphatic heterocycles. The first-order valence-electron chi connectivity index (χ1n) is 11.8. The molecule has 5 nitrogen and oxygen atoms in total. The Hall–Kier alpha value is -3.31. The Morgan fingerprint density at radius 3 is 2.23 bits per heavy atom. The van der Waals surface area contributed by atoms with Crippen molar-refractivity contribution in [3.8, 4) is 11.1 Å². The minimum Gasteiger partial charge on any atom is -0.467 e. The van der Waals surface area contributed by atoms with Gasteiger partial charge in [0.15, 0.2) is 0 Å². The van der Waals surface area contributed by atoms with E-state index >= 15 is 0 Å². The van der Waals surface area contributed by atoms with Gasteiger partial charge >= 0.3 is 5.97 Å². The van der Waals surface area contributed by atoms with E-state index in [0.29, 0.717) is 5.56 Å². The van der Waals surface area contributed by atoms with E-state index in [0.717, 1.165) is 44.9 Å². The van der Waals surface area contributed by atoms with Gasteiger partial charge in [0.25, 0.3) is 5.91 Å². The fourth-order valence-electron chi connectivity index (χ4n) is 4.29. The number of carbonyl (C=O) groups excluding carboxylic acids is 2. The third-order valence-electron chi connectivity index (χ3n) is 6.19. The van der Waals surface area contributed by atoms with E-state index < -0.39 is 12.0 Å². The molecule has 3 aromatic carbocycles. The van der Waals surface area contributed by atoms with Crippen LogP contribution in [-0.4, -0.2) is 25.0 Å². The highest BCUT2D eigenvalue weighted by molar-refractivity contribution is 6.31. The molecule has 35 heavy (non-hydrogen) atoms. The molecule has 3 rings (SSSR count). The van der Waals surface area contributed by atoms with E-state index in [1.165, 1.54) is 12.7 Å². The molecule has 0 heterocycles. The summed E-state index contributed by atoms with van der Waals surface area (Å²) in [5.41, 5.74) is 7.62. The van der Waals surface area contributed by atoms with E-state index in [2.05, 4.69) is 47.9 Å². The van der Waals surface area contributed by atoms with Crippen LogP contribution in [0.15, 0.2) is 54.6 Å². The zero-order chi connectivity index (χ0) is 25.7. The minimum atomic E-state index is -0.718. The van der Waals surface area contributed by atoms with E-state index in [-0.39, 0.29) is 11.9 Å². The maximum Gasteiger partial charge on any atom is 0.328 e. The summed E-state index contributed by atoms with van der Waals surface area (Å²) in [4.78, 5) is 24.5. The van der Waals surface area contributed by atoms with Gasteiger partial charge in [0.1, 0.15) is 6.04 Å². The van der Waals surface area contributed by atoms with E-state index in [4.69, 9.17) is 16.3 Å². The van der Waals surface area contributed by atoms with Crippen molar-refractivity contribution < 1.29 is 14.3 Å². The van der Waals surface area contributed by atoms with Gasteiger partial charge in [0.05, 0.1) is 13.2 Å². The standard InChI is InChI=1S/C29H33ClN2O3/c1-7-26(22-11-12-25(30)17(2)13-22)32-24-10-8-9-21(16-24)23-14-18(3)27(19(4)15-23)28(33)31-20(5)29(34)35-6/h8-16,20,26,32H,7H2,1-6H3,(H,31,33)/t20?,26-/m1/s1. The second kappa shape index (κ2) is 11.4. The number of amides is 1. The molecule has 0 fully saturated rings. The molecule has 0 aliphatic rings. The number of hydrogen-bond acceptors (Lipinski definition) is 4. The lowest BCUT2D eigenvalue weighted by Crippen LogP contribution is -2.39. The van der Waals surface area contributed by atoms with Crippen LogP contribution in [0.5, 0.6) is 0 Å². The summed E-state index contributed by atoms with van der Waals surface area (Å²) in [7, 11) is 1.30. The molecular weight excluding hydrogens is 460 g/mol. The van der Waals surface area contributed by atoms with Crippen LogP contribution in [0.25, 0.3) is 11.1 Å². The Morgan fingerprint density at radius 1 is 0.943 bits per heavy atom. The van der Waals surface area contributed by atoms with Crippen molar-refractivity contribution in [2.24, 2.45) is 0 Å². The minimum absolute atomic E-state index is 0.160. The molecule has 3 aromatic rings. The fraction of sp³-hybridized carbons (Fsp3) is 0.310. The normalized spacial score (nSPS) is 12.5. The number of aryl methyl sites for hydroxylation is 3. The van der Waals surface area contributed by atoms with Crippen molar-refractivity contribution in [3.63, 3.8) is 0 Å². The summed E-state index contributed by atoms with van der Waals surface area (Å²) in [6, 6.07) is 17.9. The number of halogens is 1. The predicted octanol–water partition coefficient (Wildman–Crippen LogP) is 6.79. The molecular formula is C29H33ClN2O3. The number of benzene rings is 3. The van der Waals surface area contributed by atoms with Crippen molar-refractivity contribution in [2.45, 2.75) is 53.1 Å². The van der Waals surface area contributed by atoms with Crippen molar-refractivity contribution in [1.29, 1.82) is 0 Å². The number of carbonyl (C=O) groups is 2. The summed E-state index contributed by atoms with van der Waals surface area (Å²) in [5, 5.41) is 7.13. The Morgan fingerprint density at radius 2 is 1.63 bits per heavy atom. The first-order chi connectivity index (χ1) is 16.6. The second-order valence-electron chi connectivity index (χ2n) is 8.90. The Labute approximate surface area is 212 Å². The van der Waals surface area contributed by atoms with Gasteiger partial charge < -0.3 is 15.4 Å². The van der Waals surface area contributed by atoms with E-state index in [1.807, 2.05) is 45.0 Å². The molecule has 0 aliphatic carbocycles. The summed E-state index contributed by atoms with van der Waals surface area (Å²) < 4.78 is 4.71. The molecule has 0 radical (unpaired) electrons. The van der Waals surface area contributed by atoms with Crippen molar-refractivity contribution in [3.05, 3.63) is 87.4 Å². The highest BCUT2D eigenvalue weighted by Gasteiger charge is 2.20. The van der Waals surface area contributed by atoms with E-state index in [1.54, 1.807) is 6.92 Å². The molecule has 0 saturated heterocycles. The maximum absolute atomic E-state index is 12.8. The van der Waals surface area contributed by atoms with Gasteiger partial charge in [-0.3, -0.25) is 4.79 Å². The van der Waals surface area contributed by atoms with Crippen molar-refractivity contribution >= 4 is 29.2 Å². The predicted molar refractivity (Wildman–Crippen MR) is 143 cm³/mol. The number of methoxy groups -OCH3 is 1. The SMILES string of the molecule is CC[C@@H](Nc1cccc(-c2cc(C)c(C(=O)NC(C)C(=O)OC)c(C)c2)c1)c1ccc(Cl)c(C)c1. The van der Waals surface area contributed by atoms with Crippen molar-refractivity contribution in [1.82, 2.24) is 5.32 Å². The molecule has 0 spiro atoms. The van der Waals surface area contributed by atoms with Crippen LogP contribution in [0, 0.1) is 20.8 Å². The number of hydrogen-bond donors (Lipinski definition) is 2. The molecule has 2 N–H and O–H groups in total. The lowest BCUT2D eigenvalue weighted by Gasteiger charge is -2.20. The van der Waals surface area contributed by atoms with Gasteiger partial charge in [-0.05, 0) is 85.7 Å². The summed E-state index contributed by atoms with van der Waals surface area (Å²) in [5.74, 6) is -0.766. The first kappa shape index (κ1) is 26.3. The van der Waals surface area contributed by atoms with Gasteiger partial charge in [0, 0.05) is 16.3 Å². The van der Waals surface area contributed by atoms with Crippen LogP contribution in [-0.2, 0) is 9.53 Å². The number of nitrogens with one attached hydrogen (secondary N) is 2. The van der Waals surface area contributed by atoms with Gasteiger partial charge in [-0.1, -0.05) is 54.9 Å². The summed E-state index contributed by atoms with van der Waals surface area (Å²) >= 11 is 6.21. The largest absolute Gasteiger partial charge is 0.467 e. The topological polar surface area (TPSA) is 67.4 Å². The lowest BCUT2D eigenvalue weighted by atomic mass is 9.94. The Bertz CT molecular complexity index is 1220. The molecule has 0 saturated carbocycles. The maximum atomic E-state index is 12.8. The van der Waals surface area contributed by atoms with Gasteiger partial charge in [-0.25, -0.2) is 4.79 Å². The highest BCUT2D eigenvalue weighted by atomic mass is 35.5. The highest BCUT2D eigenvalue weighted by Crippen LogP contribution is 2.30. The molecule has 6 heteroatoms. The fourth-order valence-corrected chi connectivity index (χ4v) is 4.41. The van der Waals surface area contributed by atoms with Crippen LogP contribution in [0.4, 0.5) is 5.69 Å². The van der Waals surface area contributed by atoms with Crippen LogP contribution in [0.3, 0.4) is 0 Å². The molecule has 2 atom stereocenters. The second-order valence-corrected chi connectivity index (χ2v) is 9.31. The Kier molecular flexibility index (Phi) is 8.57. The number of rotatable bonds is 8. The summed E-state index contributed by atoms with van der Waals surface area (Å²) in [6.45, 7) is 9.60. The zero-order valence-electron chi connectivity index (χ0n) is 21.2. The van der Waals surface area contributed by atoms with Crippen LogP contribution in [0.1, 0.15) is 58.9 Å². The quantitative estimate of drug-likeness (QED) is 0.340. The molecule has 0 aromatic heterocycles. The smallest absolute Gasteiger partial charge is 0.328 e. The van der Waals surface area contributed by atoms with E-state index in [9.17, 15) is 9.59 Å². The number of ether oxygens (including phenoxy) is 1. The van der Waals surface area contributed by atoms with Crippen molar-refractivity contribution in [2.75, 3.05) is 12.4 Å². The average molecular weight is 493 g/mol. The molecule has 1 unspecified atom stereocenters. The molecule has 184 valence electrons. The number of esters is 1. The summed E-state index contributed by atoms with van der Waals surface area (Å²) in [6.07, 6.45) is 0.928. The van der Waals surface area contributed by atoms with Crippen LogP contribution in [0.2, 0.25) is 5.02 Å². The van der Waals surface area contributed by atoms with Gasteiger partial charge in [-0.2, -0.15) is 0 Å². The average Bonchev–Trinajstić information content (AvgIpc) is 2.83. The Balaban J connectivity index is 1.85.